The van der Waals surface area contributed by atoms with Gasteiger partial charge in [-0.2, -0.15) is 0 Å². The zero-order chi connectivity index (χ0) is 16.7. The minimum Gasteiger partial charge on any atom is -0.357 e. The summed E-state index contributed by atoms with van der Waals surface area (Å²) in [6.45, 7) is 0.430. The van der Waals surface area contributed by atoms with E-state index >= 15 is 0 Å². The highest BCUT2D eigenvalue weighted by molar-refractivity contribution is 7.80. The zero-order valence-corrected chi connectivity index (χ0v) is 13.7. The average molecular weight is 352 g/mol. The van der Waals surface area contributed by atoms with Crippen molar-refractivity contribution in [1.82, 2.24) is 16.2 Å². The predicted octanol–water partition coefficient (Wildman–Crippen LogP) is 2.72. The molecule has 4 nitrogen and oxygen atoms in total. The maximum atomic E-state index is 12.8. The third-order valence-corrected chi connectivity index (χ3v) is 3.46. The largest absolute Gasteiger partial charge is 0.357 e. The number of nitrogens with one attached hydrogen (secondary N) is 3. The molecule has 0 heterocycles. The molecular weight excluding hydrogens is 337 g/mol. The fourth-order valence-corrected chi connectivity index (χ4v) is 2.04. The van der Waals surface area contributed by atoms with Crippen LogP contribution in [-0.2, 0) is 17.8 Å². The number of hydrogen-bond donors (Lipinski definition) is 3. The number of rotatable bonds is 4. The number of hydrazine groups is 1. The van der Waals surface area contributed by atoms with Crippen molar-refractivity contribution >= 4 is 34.8 Å². The zero-order valence-electron chi connectivity index (χ0n) is 12.1. The van der Waals surface area contributed by atoms with E-state index in [1.807, 2.05) is 0 Å². The number of hydrogen-bond acceptors (Lipinski definition) is 2. The Hall–Kier alpha value is -2.18. The highest BCUT2D eigenvalue weighted by Gasteiger charge is 2.04. The Kier molecular flexibility index (Phi) is 6.31. The van der Waals surface area contributed by atoms with Crippen LogP contribution in [-0.4, -0.2) is 11.0 Å². The summed E-state index contributed by atoms with van der Waals surface area (Å²) in [5.74, 6) is -0.512. The lowest BCUT2D eigenvalue weighted by molar-refractivity contribution is -0.121. The first-order valence-corrected chi connectivity index (χ1v) is 7.63. The third-order valence-electron chi connectivity index (χ3n) is 2.96. The second-order valence-electron chi connectivity index (χ2n) is 4.79. The minimum atomic E-state index is -0.288. The molecule has 0 bridgehead atoms. The molecule has 0 spiro atoms. The van der Waals surface area contributed by atoms with Crippen molar-refractivity contribution in [2.75, 3.05) is 0 Å². The maximum Gasteiger partial charge on any atom is 0.242 e. The Morgan fingerprint density at radius 3 is 2.26 bits per heavy atom. The lowest BCUT2D eigenvalue weighted by atomic mass is 10.1. The molecule has 0 atom stereocenters. The number of amides is 1. The minimum absolute atomic E-state index is 0.213. The molecule has 120 valence electrons. The molecule has 2 aromatic rings. The average Bonchev–Trinajstić information content (AvgIpc) is 2.54. The summed E-state index contributed by atoms with van der Waals surface area (Å²) < 4.78 is 12.8. The molecule has 0 aliphatic carbocycles. The molecule has 0 saturated carbocycles. The van der Waals surface area contributed by atoms with E-state index in [2.05, 4.69) is 16.2 Å². The number of thiocarbonyl (C=S) groups is 1. The third kappa shape index (κ3) is 6.22. The Labute approximate surface area is 144 Å². The molecule has 2 aromatic carbocycles. The molecule has 23 heavy (non-hydrogen) atoms. The quantitative estimate of drug-likeness (QED) is 0.585. The van der Waals surface area contributed by atoms with E-state index < -0.39 is 0 Å². The Morgan fingerprint density at radius 1 is 1.00 bits per heavy atom. The van der Waals surface area contributed by atoms with E-state index in [0.717, 1.165) is 11.1 Å². The van der Waals surface area contributed by atoms with Gasteiger partial charge in [-0.25, -0.2) is 4.39 Å². The van der Waals surface area contributed by atoms with E-state index in [1.165, 1.54) is 12.1 Å². The van der Waals surface area contributed by atoms with Crippen LogP contribution in [0, 0.1) is 5.82 Å². The molecule has 7 heteroatoms. The first kappa shape index (κ1) is 17.2. The van der Waals surface area contributed by atoms with Gasteiger partial charge in [0, 0.05) is 11.6 Å². The SMILES string of the molecule is O=C(Cc1ccc(Cl)cc1)NNC(=S)NCc1ccc(F)cc1. The number of halogens is 2. The molecule has 0 radical (unpaired) electrons. The van der Waals surface area contributed by atoms with Crippen LogP contribution in [0.2, 0.25) is 5.02 Å². The summed E-state index contributed by atoms with van der Waals surface area (Å²) in [7, 11) is 0. The lowest BCUT2D eigenvalue weighted by Gasteiger charge is -2.11. The topological polar surface area (TPSA) is 53.2 Å². The number of carbonyl (C=O) groups excluding carboxylic acids is 1. The highest BCUT2D eigenvalue weighted by Crippen LogP contribution is 2.09. The standard InChI is InChI=1S/C16H15ClFN3OS/c17-13-5-1-11(2-6-13)9-15(22)20-21-16(23)19-10-12-3-7-14(18)8-4-12/h1-8H,9-10H2,(H,20,22)(H2,19,21,23). The van der Waals surface area contributed by atoms with E-state index in [4.69, 9.17) is 23.8 Å². The predicted molar refractivity (Wildman–Crippen MR) is 92.3 cm³/mol. The summed E-state index contributed by atoms with van der Waals surface area (Å²) in [5, 5.41) is 3.81. The van der Waals surface area contributed by atoms with Crippen molar-refractivity contribution in [3.63, 3.8) is 0 Å². The van der Waals surface area contributed by atoms with Gasteiger partial charge >= 0.3 is 0 Å². The van der Waals surface area contributed by atoms with Gasteiger partial charge in [-0.3, -0.25) is 15.6 Å². The first-order chi connectivity index (χ1) is 11.0. The van der Waals surface area contributed by atoms with Crippen LogP contribution >= 0.6 is 23.8 Å². The van der Waals surface area contributed by atoms with Crippen LogP contribution in [0.5, 0.6) is 0 Å². The van der Waals surface area contributed by atoms with Crippen molar-refractivity contribution < 1.29 is 9.18 Å². The van der Waals surface area contributed by atoms with Crippen molar-refractivity contribution in [1.29, 1.82) is 0 Å². The molecule has 0 saturated heterocycles. The summed E-state index contributed by atoms with van der Waals surface area (Å²) in [4.78, 5) is 11.8. The van der Waals surface area contributed by atoms with Gasteiger partial charge in [0.15, 0.2) is 5.11 Å². The number of benzene rings is 2. The highest BCUT2D eigenvalue weighted by atomic mass is 35.5. The van der Waals surface area contributed by atoms with Crippen molar-refractivity contribution in [2.45, 2.75) is 13.0 Å². The first-order valence-electron chi connectivity index (χ1n) is 6.84. The van der Waals surface area contributed by atoms with Crippen LogP contribution in [0.3, 0.4) is 0 Å². The van der Waals surface area contributed by atoms with Gasteiger partial charge < -0.3 is 5.32 Å². The molecular formula is C16H15ClFN3OS. The molecule has 1 amide bonds. The van der Waals surface area contributed by atoms with Crippen LogP contribution in [0.4, 0.5) is 4.39 Å². The molecule has 3 N–H and O–H groups in total. The summed E-state index contributed by atoms with van der Waals surface area (Å²) in [5.41, 5.74) is 6.85. The Balaban J connectivity index is 1.70. The van der Waals surface area contributed by atoms with Gasteiger partial charge in [-0.1, -0.05) is 35.9 Å². The van der Waals surface area contributed by atoms with E-state index in [-0.39, 0.29) is 23.3 Å². The molecule has 0 fully saturated rings. The maximum absolute atomic E-state index is 12.8. The van der Waals surface area contributed by atoms with Crippen LogP contribution in [0.1, 0.15) is 11.1 Å². The molecule has 0 unspecified atom stereocenters. The molecule has 0 aliphatic rings. The van der Waals surface area contributed by atoms with Crippen molar-refractivity contribution in [3.8, 4) is 0 Å². The van der Waals surface area contributed by atoms with E-state index in [1.54, 1.807) is 36.4 Å². The number of carbonyl (C=O) groups is 1. The lowest BCUT2D eigenvalue weighted by Crippen LogP contribution is -2.47. The van der Waals surface area contributed by atoms with Gasteiger partial charge in [0.1, 0.15) is 5.82 Å². The van der Waals surface area contributed by atoms with Gasteiger partial charge in [0.2, 0.25) is 5.91 Å². The summed E-state index contributed by atoms with van der Waals surface area (Å²) >= 11 is 10.8. The van der Waals surface area contributed by atoms with Gasteiger partial charge in [-0.05, 0) is 47.6 Å². The monoisotopic (exact) mass is 351 g/mol. The van der Waals surface area contributed by atoms with Crippen LogP contribution < -0.4 is 16.2 Å². The Bertz CT molecular complexity index is 677. The molecule has 2 rings (SSSR count). The van der Waals surface area contributed by atoms with E-state index in [9.17, 15) is 9.18 Å². The fourth-order valence-electron chi connectivity index (χ4n) is 1.79. The summed E-state index contributed by atoms with van der Waals surface area (Å²) in [6, 6.07) is 13.1. The van der Waals surface area contributed by atoms with Crippen LogP contribution in [0.15, 0.2) is 48.5 Å². The molecule has 0 aromatic heterocycles. The molecule has 0 aliphatic heterocycles. The fraction of sp³-hybridized carbons (Fsp3) is 0.125. The smallest absolute Gasteiger partial charge is 0.242 e. The van der Waals surface area contributed by atoms with Gasteiger partial charge in [0.25, 0.3) is 0 Å². The van der Waals surface area contributed by atoms with Crippen LogP contribution in [0.25, 0.3) is 0 Å². The van der Waals surface area contributed by atoms with Gasteiger partial charge in [-0.15, -0.1) is 0 Å². The second kappa shape index (κ2) is 8.45. The van der Waals surface area contributed by atoms with Crippen molar-refractivity contribution in [3.05, 3.63) is 70.5 Å². The Morgan fingerprint density at radius 2 is 1.61 bits per heavy atom. The van der Waals surface area contributed by atoms with E-state index in [0.29, 0.717) is 11.6 Å². The van der Waals surface area contributed by atoms with Crippen molar-refractivity contribution in [2.24, 2.45) is 0 Å². The second-order valence-corrected chi connectivity index (χ2v) is 5.63. The van der Waals surface area contributed by atoms with Gasteiger partial charge in [0.05, 0.1) is 6.42 Å². The normalized spacial score (nSPS) is 10.0. The summed E-state index contributed by atoms with van der Waals surface area (Å²) in [6.07, 6.45) is 0.213.